The van der Waals surface area contributed by atoms with Crippen molar-refractivity contribution in [3.63, 3.8) is 0 Å². The largest absolute Gasteiger partial charge is 0.369 e. The van der Waals surface area contributed by atoms with Gasteiger partial charge in [0.2, 0.25) is 5.91 Å². The number of aryl methyl sites for hydroxylation is 1. The Labute approximate surface area is 153 Å². The molecule has 0 bridgehead atoms. The van der Waals surface area contributed by atoms with Gasteiger partial charge < -0.3 is 5.73 Å². The molecule has 0 aliphatic carbocycles. The van der Waals surface area contributed by atoms with Gasteiger partial charge in [0.15, 0.2) is 5.82 Å². The van der Waals surface area contributed by atoms with Gasteiger partial charge in [-0.25, -0.2) is 18.1 Å². The fourth-order valence-corrected chi connectivity index (χ4v) is 4.74. The number of benzene rings is 1. The summed E-state index contributed by atoms with van der Waals surface area (Å²) in [6.07, 6.45) is 2.03. The van der Waals surface area contributed by atoms with E-state index < -0.39 is 15.7 Å². The highest BCUT2D eigenvalue weighted by Gasteiger charge is 2.29. The number of carbonyl (C=O) groups excluding carboxylic acids is 1. The number of sulfone groups is 1. The standard InChI is InChI=1S/C18H24N4O3S/c1-2-13-3-5-14(6-4-13)12-22-18(20-17(21-22)11-16(19)23)15-7-9-26(24,25)10-8-15/h3-6,15H,2,7-12H2,1H3,(H2,19,23). The highest BCUT2D eigenvalue weighted by molar-refractivity contribution is 7.91. The third-order valence-electron chi connectivity index (χ3n) is 4.76. The zero-order chi connectivity index (χ0) is 18.7. The van der Waals surface area contributed by atoms with E-state index in [-0.39, 0.29) is 23.8 Å². The molecule has 1 aromatic heterocycles. The number of hydrogen-bond donors (Lipinski definition) is 1. The number of carbonyl (C=O) groups is 1. The van der Waals surface area contributed by atoms with Crippen LogP contribution >= 0.6 is 0 Å². The van der Waals surface area contributed by atoms with E-state index in [9.17, 15) is 13.2 Å². The molecule has 7 nitrogen and oxygen atoms in total. The number of rotatable bonds is 6. The van der Waals surface area contributed by atoms with Gasteiger partial charge in [0.05, 0.1) is 24.5 Å². The molecule has 2 heterocycles. The minimum Gasteiger partial charge on any atom is -0.369 e. The molecule has 1 aliphatic rings. The van der Waals surface area contributed by atoms with Crippen molar-refractivity contribution in [1.82, 2.24) is 14.8 Å². The van der Waals surface area contributed by atoms with Crippen LogP contribution in [0.15, 0.2) is 24.3 Å². The van der Waals surface area contributed by atoms with Gasteiger partial charge >= 0.3 is 0 Å². The number of nitrogens with zero attached hydrogens (tertiary/aromatic N) is 3. The summed E-state index contributed by atoms with van der Waals surface area (Å²) in [5, 5.41) is 4.46. The third kappa shape index (κ3) is 4.49. The zero-order valence-corrected chi connectivity index (χ0v) is 15.7. The summed E-state index contributed by atoms with van der Waals surface area (Å²) in [4.78, 5) is 15.7. The molecule has 1 amide bonds. The van der Waals surface area contributed by atoms with Crippen LogP contribution in [0.2, 0.25) is 0 Å². The molecule has 0 radical (unpaired) electrons. The van der Waals surface area contributed by atoms with Gasteiger partial charge in [-0.15, -0.1) is 0 Å². The lowest BCUT2D eigenvalue weighted by Gasteiger charge is -2.21. The maximum atomic E-state index is 11.7. The van der Waals surface area contributed by atoms with Crippen LogP contribution in [0.3, 0.4) is 0 Å². The first kappa shape index (κ1) is 18.6. The van der Waals surface area contributed by atoms with Gasteiger partial charge in [-0.05, 0) is 30.4 Å². The van der Waals surface area contributed by atoms with Gasteiger partial charge in [0, 0.05) is 5.92 Å². The van der Waals surface area contributed by atoms with Gasteiger partial charge in [-0.3, -0.25) is 4.79 Å². The molecule has 140 valence electrons. The van der Waals surface area contributed by atoms with Crippen LogP contribution in [-0.4, -0.2) is 40.6 Å². The molecule has 0 atom stereocenters. The lowest BCUT2D eigenvalue weighted by atomic mass is 10.0. The number of nitrogens with two attached hydrogens (primary N) is 1. The molecular formula is C18H24N4O3S. The average Bonchev–Trinajstić information content (AvgIpc) is 2.97. The van der Waals surface area contributed by atoms with Crippen LogP contribution in [0.25, 0.3) is 0 Å². The molecule has 26 heavy (non-hydrogen) atoms. The van der Waals surface area contributed by atoms with E-state index in [0.717, 1.165) is 17.8 Å². The molecule has 0 saturated carbocycles. The monoisotopic (exact) mass is 376 g/mol. The van der Waals surface area contributed by atoms with E-state index in [1.54, 1.807) is 4.68 Å². The number of hydrogen-bond acceptors (Lipinski definition) is 5. The summed E-state index contributed by atoms with van der Waals surface area (Å²) in [6, 6.07) is 8.29. The Kier molecular flexibility index (Phi) is 5.41. The molecule has 2 aromatic rings. The van der Waals surface area contributed by atoms with Gasteiger partial charge in [0.25, 0.3) is 0 Å². The van der Waals surface area contributed by atoms with Crippen molar-refractivity contribution >= 4 is 15.7 Å². The van der Waals surface area contributed by atoms with E-state index in [2.05, 4.69) is 41.3 Å². The first-order chi connectivity index (χ1) is 12.4. The first-order valence-corrected chi connectivity index (χ1v) is 10.7. The SMILES string of the molecule is CCc1ccc(Cn2nc(CC(N)=O)nc2C2CCS(=O)(=O)CC2)cc1. The Morgan fingerprint density at radius 2 is 1.81 bits per heavy atom. The quantitative estimate of drug-likeness (QED) is 0.815. The van der Waals surface area contributed by atoms with E-state index in [4.69, 9.17) is 5.73 Å². The Balaban J connectivity index is 1.86. The summed E-state index contributed by atoms with van der Waals surface area (Å²) in [6.45, 7) is 2.64. The normalized spacial score (nSPS) is 17.3. The van der Waals surface area contributed by atoms with Crippen molar-refractivity contribution < 1.29 is 13.2 Å². The number of primary amides is 1. The molecule has 0 unspecified atom stereocenters. The van der Waals surface area contributed by atoms with E-state index >= 15 is 0 Å². The highest BCUT2D eigenvalue weighted by Crippen LogP contribution is 2.28. The van der Waals surface area contributed by atoms with Gasteiger partial charge in [0.1, 0.15) is 15.7 Å². The van der Waals surface area contributed by atoms with Crippen molar-refractivity contribution in [3.8, 4) is 0 Å². The minimum atomic E-state index is -2.95. The summed E-state index contributed by atoms with van der Waals surface area (Å²) in [7, 11) is -2.95. The van der Waals surface area contributed by atoms with Gasteiger partial charge in [-0.1, -0.05) is 31.2 Å². The maximum Gasteiger partial charge on any atom is 0.225 e. The van der Waals surface area contributed by atoms with E-state index in [1.807, 2.05) is 0 Å². The fraction of sp³-hybridized carbons (Fsp3) is 0.500. The Bertz CT molecular complexity index is 874. The lowest BCUT2D eigenvalue weighted by molar-refractivity contribution is -0.117. The molecular weight excluding hydrogens is 352 g/mol. The maximum absolute atomic E-state index is 11.7. The number of amides is 1. The van der Waals surface area contributed by atoms with Crippen LogP contribution < -0.4 is 5.73 Å². The fourth-order valence-electron chi connectivity index (χ4n) is 3.25. The van der Waals surface area contributed by atoms with E-state index in [0.29, 0.717) is 25.2 Å². The topological polar surface area (TPSA) is 108 Å². The minimum absolute atomic E-state index is 0.0141. The highest BCUT2D eigenvalue weighted by atomic mass is 32.2. The molecule has 0 spiro atoms. The summed E-state index contributed by atoms with van der Waals surface area (Å²) in [5.74, 6) is 1.03. The van der Waals surface area contributed by atoms with Crippen molar-refractivity contribution in [2.24, 2.45) is 5.73 Å². The van der Waals surface area contributed by atoms with Gasteiger partial charge in [-0.2, -0.15) is 5.10 Å². The van der Waals surface area contributed by atoms with Crippen LogP contribution in [0.1, 0.15) is 48.5 Å². The van der Waals surface area contributed by atoms with Crippen molar-refractivity contribution in [1.29, 1.82) is 0 Å². The van der Waals surface area contributed by atoms with Crippen LogP contribution in [-0.2, 0) is 34.0 Å². The summed E-state index contributed by atoms with van der Waals surface area (Å²) in [5.41, 5.74) is 7.62. The zero-order valence-electron chi connectivity index (χ0n) is 14.9. The smallest absolute Gasteiger partial charge is 0.225 e. The van der Waals surface area contributed by atoms with Crippen LogP contribution in [0.5, 0.6) is 0 Å². The Morgan fingerprint density at radius 1 is 1.19 bits per heavy atom. The second-order valence-electron chi connectivity index (χ2n) is 6.78. The molecule has 1 aliphatic heterocycles. The molecule has 2 N–H and O–H groups in total. The molecule has 1 aromatic carbocycles. The molecule has 8 heteroatoms. The second-order valence-corrected chi connectivity index (χ2v) is 9.09. The summed E-state index contributed by atoms with van der Waals surface area (Å²) < 4.78 is 25.2. The summed E-state index contributed by atoms with van der Waals surface area (Å²) >= 11 is 0. The predicted octanol–water partition coefficient (Wildman–Crippen LogP) is 1.21. The lowest BCUT2D eigenvalue weighted by Crippen LogP contribution is -2.24. The van der Waals surface area contributed by atoms with Crippen molar-refractivity contribution in [2.45, 2.75) is 45.1 Å². The van der Waals surface area contributed by atoms with Crippen molar-refractivity contribution in [3.05, 3.63) is 47.0 Å². The molecule has 1 fully saturated rings. The predicted molar refractivity (Wildman–Crippen MR) is 98.5 cm³/mol. The Morgan fingerprint density at radius 3 is 2.38 bits per heavy atom. The average molecular weight is 376 g/mol. The molecule has 1 saturated heterocycles. The van der Waals surface area contributed by atoms with E-state index in [1.165, 1.54) is 5.56 Å². The molecule has 3 rings (SSSR count). The van der Waals surface area contributed by atoms with Crippen LogP contribution in [0, 0.1) is 0 Å². The second kappa shape index (κ2) is 7.57. The number of aromatic nitrogens is 3. The third-order valence-corrected chi connectivity index (χ3v) is 6.48. The Hall–Kier alpha value is -2.22. The first-order valence-electron chi connectivity index (χ1n) is 8.86. The van der Waals surface area contributed by atoms with Crippen LogP contribution in [0.4, 0.5) is 0 Å². The van der Waals surface area contributed by atoms with Crippen molar-refractivity contribution in [2.75, 3.05) is 11.5 Å².